The minimum atomic E-state index is -0.654. The largest absolute Gasteiger partial charge is 0.502 e. The number of hydrogen-bond donors (Lipinski definition) is 1. The van der Waals surface area contributed by atoms with E-state index in [1.807, 2.05) is 24.3 Å². The predicted molar refractivity (Wildman–Crippen MR) is 127 cm³/mol. The summed E-state index contributed by atoms with van der Waals surface area (Å²) < 4.78 is 1.84. The summed E-state index contributed by atoms with van der Waals surface area (Å²) in [6.45, 7) is 0. The highest BCUT2D eigenvalue weighted by atomic mass is 79.9. The lowest BCUT2D eigenvalue weighted by Crippen LogP contribution is -2.01. The van der Waals surface area contributed by atoms with Gasteiger partial charge in [0.15, 0.2) is 11.5 Å². The van der Waals surface area contributed by atoms with Gasteiger partial charge in [-0.15, -0.1) is 11.8 Å². The number of carbonyl (C=O) groups is 1. The topological polar surface area (TPSA) is 80.4 Å². The first-order valence-corrected chi connectivity index (χ1v) is 11.3. The Labute approximate surface area is 194 Å². The third-order valence-electron chi connectivity index (χ3n) is 4.13. The predicted octanol–water partition coefficient (Wildman–Crippen LogP) is 6.98. The van der Waals surface area contributed by atoms with E-state index in [2.05, 4.69) is 31.9 Å². The van der Waals surface area contributed by atoms with Gasteiger partial charge < -0.3 is 5.11 Å². The number of aromatic hydroxyl groups is 1. The minimum Gasteiger partial charge on any atom is -0.502 e. The van der Waals surface area contributed by atoms with E-state index in [0.717, 1.165) is 14.5 Å². The first-order valence-electron chi connectivity index (χ1n) is 8.70. The van der Waals surface area contributed by atoms with E-state index < -0.39 is 10.7 Å². The maximum Gasteiger partial charge on any atom is 0.310 e. The molecule has 0 amide bonds. The molecule has 3 rings (SSSR count). The molecule has 0 bridgehead atoms. The average Bonchev–Trinajstić information content (AvgIpc) is 2.72. The van der Waals surface area contributed by atoms with Crippen molar-refractivity contribution in [2.24, 2.45) is 0 Å². The molecule has 152 valence electrons. The molecule has 0 aromatic heterocycles. The van der Waals surface area contributed by atoms with Gasteiger partial charge in [0.1, 0.15) is 0 Å². The van der Waals surface area contributed by atoms with Crippen molar-refractivity contribution >= 4 is 61.2 Å². The molecule has 0 aliphatic heterocycles. The van der Waals surface area contributed by atoms with Gasteiger partial charge in [-0.2, -0.15) is 0 Å². The van der Waals surface area contributed by atoms with Crippen LogP contribution in [-0.4, -0.2) is 15.8 Å². The van der Waals surface area contributed by atoms with Crippen LogP contribution < -0.4 is 0 Å². The molecule has 0 spiro atoms. The van der Waals surface area contributed by atoms with Gasteiger partial charge >= 0.3 is 5.69 Å². The number of carbonyl (C=O) groups excluding carboxylic acids is 1. The molecule has 0 radical (unpaired) electrons. The molecular formula is C22H15Br2NO4S. The van der Waals surface area contributed by atoms with Gasteiger partial charge in [0.05, 0.1) is 9.83 Å². The van der Waals surface area contributed by atoms with Crippen LogP contribution in [0.3, 0.4) is 0 Å². The number of nitro groups is 1. The van der Waals surface area contributed by atoms with E-state index in [9.17, 15) is 20.0 Å². The number of allylic oxidation sites excluding steroid dienone is 1. The summed E-state index contributed by atoms with van der Waals surface area (Å²) in [5.74, 6) is -0.0371. The second-order valence-electron chi connectivity index (χ2n) is 6.27. The third-order valence-corrected chi connectivity index (χ3v) is 6.28. The number of halogens is 2. The molecule has 0 fully saturated rings. The van der Waals surface area contributed by atoms with Gasteiger partial charge in [0.25, 0.3) is 0 Å². The van der Waals surface area contributed by atoms with Crippen molar-refractivity contribution in [3.05, 3.63) is 107 Å². The van der Waals surface area contributed by atoms with Crippen molar-refractivity contribution in [1.29, 1.82) is 0 Å². The molecule has 0 aliphatic carbocycles. The van der Waals surface area contributed by atoms with Gasteiger partial charge in [0.2, 0.25) is 0 Å². The summed E-state index contributed by atoms with van der Waals surface area (Å²) in [6.07, 6.45) is 1.64. The van der Waals surface area contributed by atoms with Crippen LogP contribution in [0.1, 0.15) is 21.5 Å². The van der Waals surface area contributed by atoms with Crippen LogP contribution >= 0.6 is 43.6 Å². The number of phenolic OH excluding ortho intramolecular Hbond substituents is 1. The molecule has 8 heteroatoms. The Morgan fingerprint density at radius 1 is 1.00 bits per heavy atom. The molecule has 5 nitrogen and oxygen atoms in total. The zero-order valence-corrected chi connectivity index (χ0v) is 19.4. The monoisotopic (exact) mass is 547 g/mol. The van der Waals surface area contributed by atoms with E-state index in [1.54, 1.807) is 30.3 Å². The van der Waals surface area contributed by atoms with Crippen molar-refractivity contribution in [3.8, 4) is 5.75 Å². The van der Waals surface area contributed by atoms with Crippen molar-refractivity contribution < 1.29 is 14.8 Å². The first kappa shape index (κ1) is 22.3. The Hall–Kier alpha value is -2.42. The minimum absolute atomic E-state index is 0.164. The summed E-state index contributed by atoms with van der Waals surface area (Å²) >= 11 is 8.13. The molecule has 0 saturated carbocycles. The van der Waals surface area contributed by atoms with Crippen molar-refractivity contribution in [2.75, 3.05) is 0 Å². The maximum absolute atomic E-state index is 13.1. The summed E-state index contributed by atoms with van der Waals surface area (Å²) in [5.41, 5.74) is 1.69. The standard InChI is InChI=1S/C22H15Br2NO4S/c23-17-6-1-14(2-7-17)13-30-21(22(27)16-4-8-18(24)9-5-16)12-15-3-10-19(25(28)29)20(26)11-15/h1-12,26H,13H2. The van der Waals surface area contributed by atoms with Crippen molar-refractivity contribution in [1.82, 2.24) is 0 Å². The number of rotatable bonds is 7. The molecule has 0 unspecified atom stereocenters. The average molecular weight is 549 g/mol. The maximum atomic E-state index is 13.1. The Balaban J connectivity index is 1.93. The van der Waals surface area contributed by atoms with E-state index >= 15 is 0 Å². The molecule has 3 aromatic rings. The Kier molecular flexibility index (Phi) is 7.47. The fourth-order valence-corrected chi connectivity index (χ4v) is 4.11. The zero-order chi connectivity index (χ0) is 21.7. The fourth-order valence-electron chi connectivity index (χ4n) is 2.59. The first-order chi connectivity index (χ1) is 14.3. The number of thioether (sulfide) groups is 1. The van der Waals surface area contributed by atoms with Crippen LogP contribution in [0.15, 0.2) is 80.6 Å². The molecule has 0 atom stereocenters. The highest BCUT2D eigenvalue weighted by Crippen LogP contribution is 2.31. The quantitative estimate of drug-likeness (QED) is 0.149. The molecular weight excluding hydrogens is 534 g/mol. The second-order valence-corrected chi connectivity index (χ2v) is 9.11. The summed E-state index contributed by atoms with van der Waals surface area (Å²) in [4.78, 5) is 23.8. The van der Waals surface area contributed by atoms with Crippen LogP contribution in [0.5, 0.6) is 5.75 Å². The van der Waals surface area contributed by atoms with Crippen molar-refractivity contribution in [3.63, 3.8) is 0 Å². The molecule has 3 aromatic carbocycles. The highest BCUT2D eigenvalue weighted by molar-refractivity contribution is 9.10. The van der Waals surface area contributed by atoms with Gasteiger partial charge in [0, 0.05) is 26.3 Å². The van der Waals surface area contributed by atoms with Crippen LogP contribution in [0.2, 0.25) is 0 Å². The Morgan fingerprint density at radius 2 is 1.60 bits per heavy atom. The Morgan fingerprint density at radius 3 is 2.17 bits per heavy atom. The number of nitrogens with zero attached hydrogens (tertiary/aromatic N) is 1. The van der Waals surface area contributed by atoms with Gasteiger partial charge in [-0.1, -0.05) is 44.0 Å². The number of ketones is 1. The summed E-state index contributed by atoms with van der Waals surface area (Å²) in [7, 11) is 0. The van der Waals surface area contributed by atoms with Crippen LogP contribution in [0.25, 0.3) is 6.08 Å². The normalized spacial score (nSPS) is 11.3. The lowest BCUT2D eigenvalue weighted by molar-refractivity contribution is -0.385. The van der Waals surface area contributed by atoms with Crippen LogP contribution in [0, 0.1) is 10.1 Å². The lowest BCUT2D eigenvalue weighted by atomic mass is 10.1. The highest BCUT2D eigenvalue weighted by Gasteiger charge is 2.16. The number of nitro benzene ring substituents is 1. The third kappa shape index (κ3) is 5.81. The molecule has 0 aliphatic rings. The Bertz CT molecular complexity index is 1110. The number of Topliss-reactive ketones (excluding diaryl/α,β-unsaturated/α-hetero) is 1. The van der Waals surface area contributed by atoms with E-state index in [1.165, 1.54) is 30.0 Å². The van der Waals surface area contributed by atoms with Crippen molar-refractivity contribution in [2.45, 2.75) is 5.75 Å². The number of hydrogen-bond acceptors (Lipinski definition) is 5. The van der Waals surface area contributed by atoms with Gasteiger partial charge in [-0.25, -0.2) is 0 Å². The van der Waals surface area contributed by atoms with Gasteiger partial charge in [-0.05, 0) is 65.7 Å². The van der Waals surface area contributed by atoms with E-state index in [4.69, 9.17) is 0 Å². The second kappa shape index (κ2) is 10.1. The molecule has 0 saturated heterocycles. The SMILES string of the molecule is O=C(C(=Cc1ccc([N+](=O)[O-])c(O)c1)SCc1ccc(Br)cc1)c1ccc(Br)cc1. The number of phenols is 1. The smallest absolute Gasteiger partial charge is 0.310 e. The molecule has 0 heterocycles. The van der Waals surface area contributed by atoms with E-state index in [-0.39, 0.29) is 11.5 Å². The fraction of sp³-hybridized carbons (Fsp3) is 0.0455. The van der Waals surface area contributed by atoms with Gasteiger partial charge in [-0.3, -0.25) is 14.9 Å². The van der Waals surface area contributed by atoms with Crippen LogP contribution in [0.4, 0.5) is 5.69 Å². The lowest BCUT2D eigenvalue weighted by Gasteiger charge is -2.08. The van der Waals surface area contributed by atoms with Crippen LogP contribution in [-0.2, 0) is 5.75 Å². The zero-order valence-electron chi connectivity index (χ0n) is 15.4. The van der Waals surface area contributed by atoms with E-state index in [0.29, 0.717) is 21.8 Å². The summed E-state index contributed by atoms with van der Waals surface area (Å²) in [5, 5.41) is 20.8. The molecule has 30 heavy (non-hydrogen) atoms. The summed E-state index contributed by atoms with van der Waals surface area (Å²) in [6, 6.07) is 18.9. The number of benzene rings is 3. The molecule has 1 N–H and O–H groups in total.